The zero-order valence-electron chi connectivity index (χ0n) is 12.0. The van der Waals surface area contributed by atoms with Crippen LogP contribution in [0.5, 0.6) is 5.75 Å². The molecule has 4 aromatic rings. The van der Waals surface area contributed by atoms with Gasteiger partial charge in [0.15, 0.2) is 0 Å². The number of aromatic amines is 1. The number of nitrogens with zero attached hydrogens (tertiary/aromatic N) is 1. The van der Waals surface area contributed by atoms with Crippen molar-refractivity contribution in [3.8, 4) is 11.4 Å². The highest BCUT2D eigenvalue weighted by Gasteiger charge is 2.12. The van der Waals surface area contributed by atoms with E-state index in [9.17, 15) is 14.7 Å². The fourth-order valence-corrected chi connectivity index (χ4v) is 2.84. The molecular weight excluding hydrogens is 292 g/mol. The third-order valence-electron chi connectivity index (χ3n) is 3.87. The van der Waals surface area contributed by atoms with Crippen molar-refractivity contribution >= 4 is 21.8 Å². The van der Waals surface area contributed by atoms with Gasteiger partial charge in [-0.05, 0) is 23.6 Å². The number of hydrogen-bond acceptors (Lipinski definition) is 3. The van der Waals surface area contributed by atoms with E-state index in [1.807, 2.05) is 30.3 Å². The van der Waals surface area contributed by atoms with Gasteiger partial charge in [-0.1, -0.05) is 36.4 Å². The van der Waals surface area contributed by atoms with Gasteiger partial charge in [-0.2, -0.15) is 0 Å². The van der Waals surface area contributed by atoms with Gasteiger partial charge in [0.05, 0.1) is 16.7 Å². The second kappa shape index (κ2) is 4.84. The van der Waals surface area contributed by atoms with Gasteiger partial charge in [-0.25, -0.2) is 0 Å². The van der Waals surface area contributed by atoms with Crippen molar-refractivity contribution < 1.29 is 5.11 Å². The van der Waals surface area contributed by atoms with Crippen molar-refractivity contribution in [1.82, 2.24) is 9.55 Å². The molecule has 23 heavy (non-hydrogen) atoms. The number of aromatic hydroxyl groups is 1. The predicted molar refractivity (Wildman–Crippen MR) is 89.3 cm³/mol. The average molecular weight is 304 g/mol. The minimum atomic E-state index is -0.697. The zero-order valence-corrected chi connectivity index (χ0v) is 12.0. The summed E-state index contributed by atoms with van der Waals surface area (Å²) in [7, 11) is 0. The lowest BCUT2D eigenvalue weighted by Gasteiger charge is -2.11. The molecule has 0 fully saturated rings. The van der Waals surface area contributed by atoms with E-state index in [0.29, 0.717) is 16.7 Å². The Hall–Kier alpha value is -3.34. The SMILES string of the molecule is O=c1[nH]c2c3ccccc3ccc2n(-c2cccc(O)c2)c1=O. The molecule has 0 aliphatic carbocycles. The third kappa shape index (κ3) is 2.02. The lowest BCUT2D eigenvalue weighted by molar-refractivity contribution is 0.475. The van der Waals surface area contributed by atoms with Crippen LogP contribution in [0.15, 0.2) is 70.3 Å². The number of benzene rings is 3. The molecule has 5 heteroatoms. The van der Waals surface area contributed by atoms with Gasteiger partial charge in [0.25, 0.3) is 0 Å². The fourth-order valence-electron chi connectivity index (χ4n) is 2.84. The van der Waals surface area contributed by atoms with Crippen molar-refractivity contribution in [1.29, 1.82) is 0 Å². The summed E-state index contributed by atoms with van der Waals surface area (Å²) in [4.78, 5) is 27.1. The smallest absolute Gasteiger partial charge is 0.321 e. The first kappa shape index (κ1) is 13.3. The minimum absolute atomic E-state index is 0.0311. The number of rotatable bonds is 1. The van der Waals surface area contributed by atoms with Crippen LogP contribution in [0.1, 0.15) is 0 Å². The summed E-state index contributed by atoms with van der Waals surface area (Å²) in [5, 5.41) is 11.5. The number of phenolic OH excluding ortho intramolecular Hbond substituents is 1. The van der Waals surface area contributed by atoms with Gasteiger partial charge in [0.1, 0.15) is 5.75 Å². The normalized spacial score (nSPS) is 11.1. The van der Waals surface area contributed by atoms with Crippen LogP contribution in [0.25, 0.3) is 27.5 Å². The number of aromatic nitrogens is 2. The lowest BCUT2D eigenvalue weighted by atomic mass is 10.1. The summed E-state index contributed by atoms with van der Waals surface area (Å²) in [6.45, 7) is 0. The van der Waals surface area contributed by atoms with Crippen molar-refractivity contribution in [2.24, 2.45) is 0 Å². The minimum Gasteiger partial charge on any atom is -0.508 e. The second-order valence-electron chi connectivity index (χ2n) is 5.30. The molecule has 3 aromatic carbocycles. The number of fused-ring (bicyclic) bond motifs is 3. The summed E-state index contributed by atoms with van der Waals surface area (Å²) in [6, 6.07) is 17.6. The van der Waals surface area contributed by atoms with Gasteiger partial charge in [-0.15, -0.1) is 0 Å². The van der Waals surface area contributed by atoms with E-state index in [4.69, 9.17) is 0 Å². The first-order valence-electron chi connectivity index (χ1n) is 7.11. The molecule has 0 unspecified atom stereocenters. The Labute approximate surface area is 130 Å². The van der Waals surface area contributed by atoms with Gasteiger partial charge in [-0.3, -0.25) is 14.2 Å². The molecule has 0 radical (unpaired) electrons. The first-order valence-corrected chi connectivity index (χ1v) is 7.11. The number of H-pyrrole nitrogens is 1. The second-order valence-corrected chi connectivity index (χ2v) is 5.30. The molecule has 0 amide bonds. The van der Waals surface area contributed by atoms with Crippen LogP contribution < -0.4 is 11.1 Å². The van der Waals surface area contributed by atoms with Crippen LogP contribution in [0.2, 0.25) is 0 Å². The van der Waals surface area contributed by atoms with Crippen LogP contribution >= 0.6 is 0 Å². The Bertz CT molecular complexity index is 1170. The Morgan fingerprint density at radius 2 is 1.74 bits per heavy atom. The Balaban J connectivity index is 2.23. The van der Waals surface area contributed by atoms with E-state index in [1.54, 1.807) is 18.2 Å². The van der Waals surface area contributed by atoms with E-state index in [0.717, 1.165) is 10.8 Å². The molecular formula is C18H12N2O3. The predicted octanol–water partition coefficient (Wildman–Crippen LogP) is 2.54. The highest BCUT2D eigenvalue weighted by molar-refractivity contribution is 6.04. The van der Waals surface area contributed by atoms with Crippen LogP contribution in [-0.4, -0.2) is 14.7 Å². The van der Waals surface area contributed by atoms with Crippen LogP contribution in [-0.2, 0) is 0 Å². The van der Waals surface area contributed by atoms with Crippen molar-refractivity contribution in [3.05, 3.63) is 81.4 Å². The van der Waals surface area contributed by atoms with E-state index in [2.05, 4.69) is 4.98 Å². The molecule has 2 N–H and O–H groups in total. The van der Waals surface area contributed by atoms with E-state index in [-0.39, 0.29) is 5.75 Å². The van der Waals surface area contributed by atoms with Gasteiger partial charge < -0.3 is 10.1 Å². The van der Waals surface area contributed by atoms with E-state index >= 15 is 0 Å². The summed E-state index contributed by atoms with van der Waals surface area (Å²) in [5.41, 5.74) is 0.243. The molecule has 0 aliphatic rings. The molecule has 0 atom stereocenters. The molecule has 0 spiro atoms. The molecule has 0 saturated carbocycles. The van der Waals surface area contributed by atoms with Crippen molar-refractivity contribution in [2.45, 2.75) is 0 Å². The maximum Gasteiger partial charge on any atom is 0.321 e. The van der Waals surface area contributed by atoms with Gasteiger partial charge >= 0.3 is 11.1 Å². The first-order chi connectivity index (χ1) is 11.1. The Morgan fingerprint density at radius 3 is 2.57 bits per heavy atom. The molecule has 1 heterocycles. The lowest BCUT2D eigenvalue weighted by Crippen LogP contribution is -2.35. The highest BCUT2D eigenvalue weighted by atomic mass is 16.3. The number of phenols is 1. The highest BCUT2D eigenvalue weighted by Crippen LogP contribution is 2.24. The van der Waals surface area contributed by atoms with E-state index in [1.165, 1.54) is 16.7 Å². The van der Waals surface area contributed by atoms with Crippen LogP contribution in [0.3, 0.4) is 0 Å². The zero-order chi connectivity index (χ0) is 16.0. The average Bonchev–Trinajstić information content (AvgIpc) is 2.56. The molecule has 4 rings (SSSR count). The summed E-state index contributed by atoms with van der Waals surface area (Å²) in [5.74, 6) is 0.0311. The van der Waals surface area contributed by atoms with Crippen molar-refractivity contribution in [2.75, 3.05) is 0 Å². The van der Waals surface area contributed by atoms with Gasteiger partial charge in [0.2, 0.25) is 0 Å². The molecule has 112 valence electrons. The Morgan fingerprint density at radius 1 is 0.913 bits per heavy atom. The number of hydrogen-bond donors (Lipinski definition) is 2. The molecule has 0 saturated heterocycles. The monoisotopic (exact) mass is 304 g/mol. The molecule has 0 bridgehead atoms. The third-order valence-corrected chi connectivity index (χ3v) is 3.87. The standard InChI is InChI=1S/C18H12N2O3/c21-13-6-3-5-12(10-13)20-15-9-8-11-4-1-2-7-14(11)16(15)19-17(22)18(20)23/h1-10,21H,(H,19,22). The van der Waals surface area contributed by atoms with Gasteiger partial charge in [0, 0.05) is 11.5 Å². The quantitative estimate of drug-likeness (QED) is 0.419. The van der Waals surface area contributed by atoms with Crippen molar-refractivity contribution in [3.63, 3.8) is 0 Å². The Kier molecular flexibility index (Phi) is 2.81. The van der Waals surface area contributed by atoms with Crippen LogP contribution in [0, 0.1) is 0 Å². The topological polar surface area (TPSA) is 75.1 Å². The molecule has 5 nitrogen and oxygen atoms in total. The maximum absolute atomic E-state index is 12.4. The maximum atomic E-state index is 12.4. The number of nitrogens with one attached hydrogen (secondary N) is 1. The largest absolute Gasteiger partial charge is 0.508 e. The summed E-state index contributed by atoms with van der Waals surface area (Å²) in [6.07, 6.45) is 0. The van der Waals surface area contributed by atoms with E-state index < -0.39 is 11.1 Å². The summed E-state index contributed by atoms with van der Waals surface area (Å²) < 4.78 is 1.32. The summed E-state index contributed by atoms with van der Waals surface area (Å²) >= 11 is 0. The molecule has 0 aliphatic heterocycles. The van der Waals surface area contributed by atoms with Crippen LogP contribution in [0.4, 0.5) is 0 Å². The fraction of sp³-hybridized carbons (Fsp3) is 0. The molecule has 1 aromatic heterocycles.